The van der Waals surface area contributed by atoms with Crippen molar-refractivity contribution in [2.45, 2.75) is 6.54 Å². The van der Waals surface area contributed by atoms with Crippen LogP contribution in [0.3, 0.4) is 0 Å². The molecule has 92 valence electrons. The van der Waals surface area contributed by atoms with Crippen LogP contribution in [-0.2, 0) is 6.54 Å². The number of hydrogen-bond donors (Lipinski definition) is 3. The molecule has 0 aliphatic heterocycles. The molecular weight excluding hydrogens is 250 g/mol. The second kappa shape index (κ2) is 6.00. The zero-order chi connectivity index (χ0) is 12.8. The van der Waals surface area contributed by atoms with Gasteiger partial charge in [0, 0.05) is 23.9 Å². The second-order valence-electron chi connectivity index (χ2n) is 3.41. The molecule has 0 aromatic carbocycles. The Labute approximate surface area is 108 Å². The predicted octanol–water partition coefficient (Wildman–Crippen LogP) is 0.745. The van der Waals surface area contributed by atoms with Crippen molar-refractivity contribution in [1.82, 2.24) is 15.5 Å². The Morgan fingerprint density at radius 1 is 1.61 bits per heavy atom. The van der Waals surface area contributed by atoms with Crippen LogP contribution in [0.1, 0.15) is 20.8 Å². The van der Waals surface area contributed by atoms with E-state index in [-0.39, 0.29) is 12.5 Å². The lowest BCUT2D eigenvalue weighted by Crippen LogP contribution is -2.22. The second-order valence-corrected chi connectivity index (χ2v) is 4.33. The van der Waals surface area contributed by atoms with E-state index in [0.29, 0.717) is 17.0 Å². The number of aliphatic hydroxyl groups excluding tert-OH is 1. The van der Waals surface area contributed by atoms with Gasteiger partial charge in [-0.15, -0.1) is 11.3 Å². The molecule has 0 aliphatic carbocycles. The first-order chi connectivity index (χ1) is 8.81. The van der Waals surface area contributed by atoms with Gasteiger partial charge in [-0.2, -0.15) is 5.10 Å². The number of carbonyl (C=O) groups is 1. The summed E-state index contributed by atoms with van der Waals surface area (Å²) in [7, 11) is 0. The zero-order valence-corrected chi connectivity index (χ0v) is 10.3. The summed E-state index contributed by atoms with van der Waals surface area (Å²) in [5.74, 6) is 5.11. The van der Waals surface area contributed by atoms with Crippen molar-refractivity contribution in [3.8, 4) is 11.8 Å². The summed E-state index contributed by atoms with van der Waals surface area (Å²) >= 11 is 1.33. The Balaban J connectivity index is 2.02. The molecule has 0 spiro atoms. The van der Waals surface area contributed by atoms with Crippen LogP contribution < -0.4 is 5.32 Å². The maximum absolute atomic E-state index is 11.9. The molecule has 0 bridgehead atoms. The van der Waals surface area contributed by atoms with Gasteiger partial charge in [0.25, 0.3) is 5.91 Å². The molecule has 5 nitrogen and oxygen atoms in total. The summed E-state index contributed by atoms with van der Waals surface area (Å²) in [4.78, 5) is 12.5. The summed E-state index contributed by atoms with van der Waals surface area (Å²) in [6.07, 6.45) is 3.38. The summed E-state index contributed by atoms with van der Waals surface area (Å²) in [6, 6.07) is 1.76. The van der Waals surface area contributed by atoms with E-state index < -0.39 is 0 Å². The monoisotopic (exact) mass is 261 g/mol. The number of aromatic amines is 1. The molecule has 0 unspecified atom stereocenters. The van der Waals surface area contributed by atoms with E-state index in [1.165, 1.54) is 11.3 Å². The van der Waals surface area contributed by atoms with E-state index >= 15 is 0 Å². The minimum atomic E-state index is -0.216. The van der Waals surface area contributed by atoms with Crippen molar-refractivity contribution >= 4 is 17.2 Å². The third-order valence-electron chi connectivity index (χ3n) is 2.18. The van der Waals surface area contributed by atoms with E-state index in [0.717, 1.165) is 5.56 Å². The number of nitrogens with one attached hydrogen (secondary N) is 2. The summed E-state index contributed by atoms with van der Waals surface area (Å²) in [5, 5.41) is 19.7. The van der Waals surface area contributed by atoms with E-state index in [1.54, 1.807) is 23.8 Å². The Morgan fingerprint density at radius 2 is 2.50 bits per heavy atom. The highest BCUT2D eigenvalue weighted by Crippen LogP contribution is 2.15. The molecule has 18 heavy (non-hydrogen) atoms. The van der Waals surface area contributed by atoms with Gasteiger partial charge in [0.05, 0.1) is 6.20 Å². The number of H-pyrrole nitrogens is 1. The average Bonchev–Trinajstić information content (AvgIpc) is 3.04. The number of rotatable bonds is 3. The van der Waals surface area contributed by atoms with Crippen LogP contribution in [0, 0.1) is 11.8 Å². The average molecular weight is 261 g/mol. The fourth-order valence-electron chi connectivity index (χ4n) is 1.36. The van der Waals surface area contributed by atoms with Crippen molar-refractivity contribution in [1.29, 1.82) is 0 Å². The van der Waals surface area contributed by atoms with Gasteiger partial charge in [-0.05, 0) is 11.4 Å². The van der Waals surface area contributed by atoms with Gasteiger partial charge < -0.3 is 10.4 Å². The highest BCUT2D eigenvalue weighted by molar-refractivity contribution is 7.12. The maximum atomic E-state index is 11.9. The summed E-state index contributed by atoms with van der Waals surface area (Å²) < 4.78 is 0. The molecule has 0 fully saturated rings. The zero-order valence-electron chi connectivity index (χ0n) is 9.43. The van der Waals surface area contributed by atoms with Crippen LogP contribution in [0.25, 0.3) is 0 Å². The third kappa shape index (κ3) is 2.97. The van der Waals surface area contributed by atoms with Crippen LogP contribution in [0.15, 0.2) is 23.8 Å². The molecule has 2 rings (SSSR count). The number of thiophene rings is 1. The van der Waals surface area contributed by atoms with Crippen molar-refractivity contribution in [3.05, 3.63) is 39.8 Å². The van der Waals surface area contributed by atoms with Crippen LogP contribution in [0.5, 0.6) is 0 Å². The molecule has 0 aliphatic rings. The van der Waals surface area contributed by atoms with Gasteiger partial charge >= 0.3 is 0 Å². The fraction of sp³-hybridized carbons (Fsp3) is 0.167. The summed E-state index contributed by atoms with van der Waals surface area (Å²) in [5.41, 5.74) is 1.54. The maximum Gasteiger partial charge on any atom is 0.262 e. The highest BCUT2D eigenvalue weighted by Gasteiger charge is 2.11. The summed E-state index contributed by atoms with van der Waals surface area (Å²) in [6.45, 7) is 0.200. The normalized spacial score (nSPS) is 9.61. The van der Waals surface area contributed by atoms with Gasteiger partial charge in [-0.1, -0.05) is 11.8 Å². The van der Waals surface area contributed by atoms with Crippen LogP contribution in [-0.4, -0.2) is 27.8 Å². The lowest BCUT2D eigenvalue weighted by atomic mass is 10.2. The fourth-order valence-corrected chi connectivity index (χ4v) is 2.12. The third-order valence-corrected chi connectivity index (χ3v) is 3.09. The number of nitrogens with zero attached hydrogens (tertiary/aromatic N) is 1. The number of carbonyl (C=O) groups excluding carboxylic acids is 1. The Kier molecular flexibility index (Phi) is 4.12. The molecule has 2 heterocycles. The van der Waals surface area contributed by atoms with Gasteiger partial charge in [0.1, 0.15) is 11.5 Å². The van der Waals surface area contributed by atoms with E-state index in [4.69, 9.17) is 5.11 Å². The van der Waals surface area contributed by atoms with Crippen LogP contribution >= 0.6 is 11.3 Å². The smallest absolute Gasteiger partial charge is 0.262 e. The van der Waals surface area contributed by atoms with E-state index in [1.807, 2.05) is 0 Å². The minimum Gasteiger partial charge on any atom is -0.384 e. The molecule has 1 amide bonds. The molecule has 2 aromatic heterocycles. The molecule has 6 heteroatoms. The first kappa shape index (κ1) is 12.4. The number of amides is 1. The van der Waals surface area contributed by atoms with E-state index in [9.17, 15) is 4.79 Å². The van der Waals surface area contributed by atoms with Crippen molar-refractivity contribution < 1.29 is 9.90 Å². The molecule has 0 radical (unpaired) electrons. The van der Waals surface area contributed by atoms with Crippen LogP contribution in [0.4, 0.5) is 0 Å². The quantitative estimate of drug-likeness (QED) is 0.713. The number of aliphatic hydroxyl groups is 1. The van der Waals surface area contributed by atoms with Crippen molar-refractivity contribution in [3.63, 3.8) is 0 Å². The van der Waals surface area contributed by atoms with Gasteiger partial charge in [0.2, 0.25) is 0 Å². The first-order valence-electron chi connectivity index (χ1n) is 5.24. The Bertz CT molecular complexity index is 578. The van der Waals surface area contributed by atoms with E-state index in [2.05, 4.69) is 27.4 Å². The first-order valence-corrected chi connectivity index (χ1v) is 6.12. The Hall–Kier alpha value is -2.10. The lowest BCUT2D eigenvalue weighted by Gasteiger charge is -2.01. The molecule has 0 saturated heterocycles. The molecule has 0 saturated carbocycles. The van der Waals surface area contributed by atoms with Crippen LogP contribution in [0.2, 0.25) is 0 Å². The molecule has 3 N–H and O–H groups in total. The SMILES string of the molecule is O=C(NCc1cn[nH]c1)c1sccc1C#CCO. The topological polar surface area (TPSA) is 78.0 Å². The van der Waals surface area contributed by atoms with Gasteiger partial charge in [0.15, 0.2) is 0 Å². The standard InChI is InChI=1S/C12H11N3O2S/c16-4-1-2-10-3-5-18-11(10)12(17)13-6-9-7-14-15-8-9/h3,5,7-8,16H,4,6H2,(H,13,17)(H,14,15). The van der Waals surface area contributed by atoms with Crippen molar-refractivity contribution in [2.24, 2.45) is 0 Å². The Morgan fingerprint density at radius 3 is 3.22 bits per heavy atom. The molecule has 0 atom stereocenters. The molecular formula is C12H11N3O2S. The highest BCUT2D eigenvalue weighted by atomic mass is 32.1. The number of hydrogen-bond acceptors (Lipinski definition) is 4. The number of aromatic nitrogens is 2. The van der Waals surface area contributed by atoms with Crippen molar-refractivity contribution in [2.75, 3.05) is 6.61 Å². The van der Waals surface area contributed by atoms with Gasteiger partial charge in [-0.3, -0.25) is 9.89 Å². The lowest BCUT2D eigenvalue weighted by molar-refractivity contribution is 0.0955. The largest absolute Gasteiger partial charge is 0.384 e. The van der Waals surface area contributed by atoms with Gasteiger partial charge in [-0.25, -0.2) is 0 Å². The minimum absolute atomic E-state index is 0.173. The molecule has 2 aromatic rings. The predicted molar refractivity (Wildman–Crippen MR) is 68.0 cm³/mol.